The average molecular weight is 502 g/mol. The van der Waals surface area contributed by atoms with E-state index < -0.39 is 0 Å². The Morgan fingerprint density at radius 3 is 2.24 bits per heavy atom. The Kier molecular flexibility index (Phi) is 8.55. The molecule has 1 aliphatic heterocycles. The lowest BCUT2D eigenvalue weighted by Gasteiger charge is -2.29. The fourth-order valence-electron chi connectivity index (χ4n) is 4.86. The maximum Gasteiger partial charge on any atom is 0.338 e. The molecule has 0 radical (unpaired) electrons. The molecule has 5 heteroatoms. The first-order chi connectivity index (χ1) is 17.8. The van der Waals surface area contributed by atoms with E-state index in [-0.39, 0.29) is 18.0 Å². The summed E-state index contributed by atoms with van der Waals surface area (Å²) in [5.41, 5.74) is 7.37. The summed E-state index contributed by atoms with van der Waals surface area (Å²) in [6.07, 6.45) is 3.06. The molecule has 1 heterocycles. The Labute approximate surface area is 221 Å². The third kappa shape index (κ3) is 6.34. The fourth-order valence-corrected chi connectivity index (χ4v) is 4.86. The van der Waals surface area contributed by atoms with E-state index in [1.807, 2.05) is 24.3 Å². The lowest BCUT2D eigenvalue weighted by Crippen LogP contribution is -2.23. The lowest BCUT2D eigenvalue weighted by molar-refractivity contribution is 0.0526. The van der Waals surface area contributed by atoms with Crippen LogP contribution in [0.4, 0.5) is 5.69 Å². The van der Waals surface area contributed by atoms with Gasteiger partial charge in [0, 0.05) is 37.4 Å². The molecule has 0 saturated carbocycles. The first kappa shape index (κ1) is 26.7. The molecule has 1 N–H and O–H groups in total. The van der Waals surface area contributed by atoms with Crippen molar-refractivity contribution in [1.82, 2.24) is 0 Å². The van der Waals surface area contributed by atoms with Crippen molar-refractivity contribution in [2.45, 2.75) is 52.4 Å². The van der Waals surface area contributed by atoms with Crippen molar-refractivity contribution < 1.29 is 19.4 Å². The normalized spacial score (nSPS) is 13.6. The molecule has 4 rings (SSSR count). The van der Waals surface area contributed by atoms with E-state index in [2.05, 4.69) is 49.9 Å². The number of hydrogen-bond donors (Lipinski definition) is 1. The fraction of sp³-hybridized carbons (Fsp3) is 0.406. The van der Waals surface area contributed by atoms with Gasteiger partial charge in [-0.25, -0.2) is 4.79 Å². The summed E-state index contributed by atoms with van der Waals surface area (Å²) in [5.74, 6) is 0.490. The molecule has 3 aromatic carbocycles. The van der Waals surface area contributed by atoms with E-state index in [1.54, 1.807) is 19.1 Å². The van der Waals surface area contributed by atoms with Crippen LogP contribution in [0.5, 0.6) is 5.75 Å². The number of nitrogens with zero attached hydrogens (tertiary/aromatic N) is 1. The second-order valence-electron chi connectivity index (χ2n) is 10.6. The van der Waals surface area contributed by atoms with Gasteiger partial charge in [-0.2, -0.15) is 0 Å². The minimum Gasteiger partial charge on any atom is -0.493 e. The molecule has 0 unspecified atom stereocenters. The molecular formula is C32H39NO4. The maximum absolute atomic E-state index is 12.1. The van der Waals surface area contributed by atoms with E-state index in [0.717, 1.165) is 41.1 Å². The molecule has 1 saturated heterocycles. The van der Waals surface area contributed by atoms with Crippen LogP contribution in [0.15, 0.2) is 60.7 Å². The summed E-state index contributed by atoms with van der Waals surface area (Å²) >= 11 is 0. The number of aliphatic hydroxyl groups is 1. The minimum absolute atomic E-state index is 0.00756. The SMILES string of the molecule is CCOC(=O)c1ccc(-c2ccc(OCCCO)c(-c3ccc(N4CCCC4)c(C(C)(C)C)c3)c2)cc1. The van der Waals surface area contributed by atoms with Gasteiger partial charge in [-0.05, 0) is 83.8 Å². The topological polar surface area (TPSA) is 59.0 Å². The zero-order valence-electron chi connectivity index (χ0n) is 22.5. The first-order valence-electron chi connectivity index (χ1n) is 13.4. The number of benzene rings is 3. The van der Waals surface area contributed by atoms with E-state index in [9.17, 15) is 9.90 Å². The second-order valence-corrected chi connectivity index (χ2v) is 10.6. The second kappa shape index (κ2) is 11.8. The van der Waals surface area contributed by atoms with Gasteiger partial charge < -0.3 is 19.5 Å². The summed E-state index contributed by atoms with van der Waals surface area (Å²) in [5, 5.41) is 9.26. The number of esters is 1. The van der Waals surface area contributed by atoms with Crippen LogP contribution < -0.4 is 9.64 Å². The quantitative estimate of drug-likeness (QED) is 0.256. The molecule has 0 aromatic heterocycles. The van der Waals surface area contributed by atoms with Crippen molar-refractivity contribution in [2.75, 3.05) is 37.8 Å². The van der Waals surface area contributed by atoms with Crippen molar-refractivity contribution in [3.8, 4) is 28.0 Å². The molecule has 37 heavy (non-hydrogen) atoms. The molecule has 0 aliphatic carbocycles. The van der Waals surface area contributed by atoms with E-state index in [4.69, 9.17) is 9.47 Å². The van der Waals surface area contributed by atoms with Crippen molar-refractivity contribution in [3.05, 3.63) is 71.8 Å². The van der Waals surface area contributed by atoms with Crippen LogP contribution in [-0.2, 0) is 10.2 Å². The average Bonchev–Trinajstić information content (AvgIpc) is 3.43. The molecular weight excluding hydrogens is 462 g/mol. The predicted octanol–water partition coefficient (Wildman–Crippen LogP) is 6.86. The van der Waals surface area contributed by atoms with Crippen LogP contribution in [0, 0.1) is 0 Å². The molecule has 5 nitrogen and oxygen atoms in total. The highest BCUT2D eigenvalue weighted by molar-refractivity contribution is 5.90. The number of rotatable bonds is 9. The standard InChI is InChI=1S/C32H39NO4/c1-5-36-31(35)24-11-9-23(10-12-24)25-14-16-30(37-20-8-19-34)27(21-25)26-13-15-29(33-17-6-7-18-33)28(22-26)32(2,3)4/h9-16,21-22,34H,5-8,17-20H2,1-4H3. The number of carbonyl (C=O) groups excluding carboxylic acids is 1. The molecule has 0 amide bonds. The molecule has 0 atom stereocenters. The van der Waals surface area contributed by atoms with Gasteiger partial charge in [-0.15, -0.1) is 0 Å². The number of anilines is 1. The number of hydrogen-bond acceptors (Lipinski definition) is 5. The number of carbonyl (C=O) groups is 1. The predicted molar refractivity (Wildman–Crippen MR) is 151 cm³/mol. The highest BCUT2D eigenvalue weighted by atomic mass is 16.5. The summed E-state index contributed by atoms with van der Waals surface area (Å²) in [6.45, 7) is 11.7. The minimum atomic E-state index is -0.310. The lowest BCUT2D eigenvalue weighted by atomic mass is 9.83. The smallest absolute Gasteiger partial charge is 0.338 e. The van der Waals surface area contributed by atoms with Gasteiger partial charge in [0.15, 0.2) is 0 Å². The summed E-state index contributed by atoms with van der Waals surface area (Å²) in [6, 6.07) is 20.5. The van der Waals surface area contributed by atoms with Crippen LogP contribution in [-0.4, -0.2) is 44.0 Å². The molecule has 1 aliphatic rings. The molecule has 196 valence electrons. The Hall–Kier alpha value is -3.31. The summed E-state index contributed by atoms with van der Waals surface area (Å²) in [4.78, 5) is 14.6. The van der Waals surface area contributed by atoms with Crippen LogP contribution >= 0.6 is 0 Å². The summed E-state index contributed by atoms with van der Waals surface area (Å²) < 4.78 is 11.2. The molecule has 0 spiro atoms. The monoisotopic (exact) mass is 501 g/mol. The first-order valence-corrected chi connectivity index (χ1v) is 13.4. The van der Waals surface area contributed by atoms with Gasteiger partial charge in [0.2, 0.25) is 0 Å². The van der Waals surface area contributed by atoms with Crippen LogP contribution in [0.3, 0.4) is 0 Å². The van der Waals surface area contributed by atoms with Gasteiger partial charge in [-0.1, -0.05) is 45.0 Å². The van der Waals surface area contributed by atoms with Crippen LogP contribution in [0.25, 0.3) is 22.3 Å². The molecule has 1 fully saturated rings. The molecule has 0 bridgehead atoms. The highest BCUT2D eigenvalue weighted by Gasteiger charge is 2.24. The third-order valence-corrected chi connectivity index (χ3v) is 6.83. The Morgan fingerprint density at radius 1 is 0.919 bits per heavy atom. The zero-order chi connectivity index (χ0) is 26.4. The van der Waals surface area contributed by atoms with Crippen LogP contribution in [0.2, 0.25) is 0 Å². The zero-order valence-corrected chi connectivity index (χ0v) is 22.5. The van der Waals surface area contributed by atoms with Gasteiger partial charge >= 0.3 is 5.97 Å². The Morgan fingerprint density at radius 2 is 1.59 bits per heavy atom. The van der Waals surface area contributed by atoms with Crippen molar-refractivity contribution in [2.24, 2.45) is 0 Å². The maximum atomic E-state index is 12.1. The highest BCUT2D eigenvalue weighted by Crippen LogP contribution is 2.40. The van der Waals surface area contributed by atoms with Crippen molar-refractivity contribution in [3.63, 3.8) is 0 Å². The van der Waals surface area contributed by atoms with Gasteiger partial charge in [-0.3, -0.25) is 0 Å². The van der Waals surface area contributed by atoms with E-state index in [0.29, 0.717) is 25.2 Å². The Balaban J connectivity index is 1.76. The van der Waals surface area contributed by atoms with Gasteiger partial charge in [0.25, 0.3) is 0 Å². The van der Waals surface area contributed by atoms with Gasteiger partial charge in [0.05, 0.1) is 18.8 Å². The molecule has 3 aromatic rings. The summed E-state index contributed by atoms with van der Waals surface area (Å²) in [7, 11) is 0. The van der Waals surface area contributed by atoms with Crippen LogP contribution in [0.1, 0.15) is 62.9 Å². The largest absolute Gasteiger partial charge is 0.493 e. The van der Waals surface area contributed by atoms with Crippen molar-refractivity contribution in [1.29, 1.82) is 0 Å². The van der Waals surface area contributed by atoms with E-state index in [1.165, 1.54) is 24.1 Å². The Bertz CT molecular complexity index is 1200. The third-order valence-electron chi connectivity index (χ3n) is 6.83. The number of ether oxygens (including phenoxy) is 2. The van der Waals surface area contributed by atoms with Crippen molar-refractivity contribution >= 4 is 11.7 Å². The van der Waals surface area contributed by atoms with Gasteiger partial charge in [0.1, 0.15) is 5.75 Å². The number of aliphatic hydroxyl groups excluding tert-OH is 1. The van der Waals surface area contributed by atoms with E-state index >= 15 is 0 Å².